The number of hydrogen-bond acceptors (Lipinski definition) is 2. The second kappa shape index (κ2) is 5.60. The Labute approximate surface area is 129 Å². The molecule has 0 atom stereocenters. The summed E-state index contributed by atoms with van der Waals surface area (Å²) in [6.45, 7) is 0.493. The zero-order valence-electron chi connectivity index (χ0n) is 12.2. The van der Waals surface area contributed by atoms with Crippen LogP contribution in [0, 0.1) is 0 Å². The maximum atomic E-state index is 12.4. The molecule has 112 valence electrons. The molecule has 0 radical (unpaired) electrons. The number of nitrogens with two attached hydrogens (primary N) is 1. The maximum absolute atomic E-state index is 12.4. The molecule has 2 N–H and O–H groups in total. The Morgan fingerprint density at radius 2 is 2.05 bits per heavy atom. The number of rotatable bonds is 3. The lowest BCUT2D eigenvalue weighted by molar-refractivity contribution is 0.498. The SMILES string of the molecule is Cn1c(C2CCCC2)c(N)c(=O)n1Cc1cccc(Cl)c1. The zero-order valence-corrected chi connectivity index (χ0v) is 12.9. The van der Waals surface area contributed by atoms with Crippen LogP contribution in [0.2, 0.25) is 5.02 Å². The van der Waals surface area contributed by atoms with E-state index in [9.17, 15) is 4.79 Å². The van der Waals surface area contributed by atoms with Crippen LogP contribution in [-0.4, -0.2) is 9.36 Å². The summed E-state index contributed by atoms with van der Waals surface area (Å²) in [5.74, 6) is 0.420. The van der Waals surface area contributed by atoms with Crippen LogP contribution in [0.5, 0.6) is 0 Å². The van der Waals surface area contributed by atoms with Crippen LogP contribution in [-0.2, 0) is 13.6 Å². The molecule has 1 saturated carbocycles. The summed E-state index contributed by atoms with van der Waals surface area (Å²) in [5, 5.41) is 0.679. The quantitative estimate of drug-likeness (QED) is 0.947. The van der Waals surface area contributed by atoms with Gasteiger partial charge in [0, 0.05) is 18.0 Å². The Balaban J connectivity index is 1.99. The molecule has 1 aliphatic rings. The molecule has 2 aromatic rings. The Kier molecular flexibility index (Phi) is 3.81. The number of benzene rings is 1. The van der Waals surface area contributed by atoms with Crippen molar-refractivity contribution in [1.29, 1.82) is 0 Å². The molecule has 0 saturated heterocycles. The summed E-state index contributed by atoms with van der Waals surface area (Å²) in [4.78, 5) is 12.4. The minimum atomic E-state index is -0.0978. The number of nitrogens with zero attached hydrogens (tertiary/aromatic N) is 2. The third kappa shape index (κ3) is 2.60. The lowest BCUT2D eigenvalue weighted by Crippen LogP contribution is -2.23. The highest BCUT2D eigenvalue weighted by Gasteiger charge is 2.26. The van der Waals surface area contributed by atoms with E-state index in [1.807, 2.05) is 36.0 Å². The van der Waals surface area contributed by atoms with E-state index in [4.69, 9.17) is 17.3 Å². The van der Waals surface area contributed by atoms with Crippen molar-refractivity contribution in [3.8, 4) is 0 Å². The lowest BCUT2D eigenvalue weighted by Gasteiger charge is -2.14. The van der Waals surface area contributed by atoms with Crippen LogP contribution >= 0.6 is 11.6 Å². The van der Waals surface area contributed by atoms with Crippen LogP contribution in [0.1, 0.15) is 42.9 Å². The van der Waals surface area contributed by atoms with E-state index in [-0.39, 0.29) is 5.56 Å². The van der Waals surface area contributed by atoms with Crippen molar-refractivity contribution in [2.75, 3.05) is 5.73 Å². The third-order valence-electron chi connectivity index (χ3n) is 4.41. The van der Waals surface area contributed by atoms with Crippen LogP contribution in [0.3, 0.4) is 0 Å². The van der Waals surface area contributed by atoms with Crippen LogP contribution < -0.4 is 11.3 Å². The second-order valence-corrected chi connectivity index (χ2v) is 6.23. The standard InChI is InChI=1S/C16H20ClN3O/c1-19-15(12-6-2-3-7-12)14(18)16(21)20(19)10-11-5-4-8-13(17)9-11/h4-5,8-9,12H,2-3,6-7,10,18H2,1H3. The van der Waals surface area contributed by atoms with E-state index >= 15 is 0 Å². The van der Waals surface area contributed by atoms with E-state index in [0.29, 0.717) is 23.2 Å². The van der Waals surface area contributed by atoms with Gasteiger partial charge in [-0.05, 0) is 30.5 Å². The van der Waals surface area contributed by atoms with E-state index in [0.717, 1.165) is 24.1 Å². The summed E-state index contributed by atoms with van der Waals surface area (Å²) in [6.07, 6.45) is 4.69. The minimum absolute atomic E-state index is 0.0978. The Morgan fingerprint density at radius 3 is 2.71 bits per heavy atom. The largest absolute Gasteiger partial charge is 0.393 e. The van der Waals surface area contributed by atoms with Crippen molar-refractivity contribution in [3.05, 3.63) is 50.9 Å². The fourth-order valence-corrected chi connectivity index (χ4v) is 3.57. The van der Waals surface area contributed by atoms with Gasteiger partial charge in [-0.1, -0.05) is 36.6 Å². The van der Waals surface area contributed by atoms with E-state index < -0.39 is 0 Å². The highest BCUT2D eigenvalue weighted by Crippen LogP contribution is 2.35. The summed E-state index contributed by atoms with van der Waals surface area (Å²) in [5.41, 5.74) is 8.40. The van der Waals surface area contributed by atoms with Crippen molar-refractivity contribution in [1.82, 2.24) is 9.36 Å². The topological polar surface area (TPSA) is 52.9 Å². The molecule has 4 nitrogen and oxygen atoms in total. The van der Waals surface area contributed by atoms with Gasteiger partial charge >= 0.3 is 0 Å². The van der Waals surface area contributed by atoms with Gasteiger partial charge in [0.2, 0.25) is 0 Å². The molecular formula is C16H20ClN3O. The lowest BCUT2D eigenvalue weighted by atomic mass is 10.0. The van der Waals surface area contributed by atoms with Gasteiger partial charge in [-0.15, -0.1) is 0 Å². The molecular weight excluding hydrogens is 286 g/mol. The van der Waals surface area contributed by atoms with Crippen LogP contribution in [0.4, 0.5) is 5.69 Å². The molecule has 3 rings (SSSR count). The van der Waals surface area contributed by atoms with Gasteiger partial charge in [-0.25, -0.2) is 4.68 Å². The van der Waals surface area contributed by atoms with Crippen molar-refractivity contribution in [3.63, 3.8) is 0 Å². The highest BCUT2D eigenvalue weighted by molar-refractivity contribution is 6.30. The molecule has 21 heavy (non-hydrogen) atoms. The number of halogens is 1. The van der Waals surface area contributed by atoms with Gasteiger partial charge in [0.25, 0.3) is 5.56 Å². The van der Waals surface area contributed by atoms with Crippen molar-refractivity contribution < 1.29 is 0 Å². The number of hydrogen-bond donors (Lipinski definition) is 1. The first-order valence-electron chi connectivity index (χ1n) is 7.37. The molecule has 0 unspecified atom stereocenters. The molecule has 5 heteroatoms. The first kappa shape index (κ1) is 14.3. The van der Waals surface area contributed by atoms with Gasteiger partial charge in [-0.2, -0.15) is 0 Å². The van der Waals surface area contributed by atoms with E-state index in [2.05, 4.69) is 0 Å². The zero-order chi connectivity index (χ0) is 15.0. The summed E-state index contributed by atoms with van der Waals surface area (Å²) in [6, 6.07) is 7.58. The minimum Gasteiger partial charge on any atom is -0.393 e. The van der Waals surface area contributed by atoms with E-state index in [1.54, 1.807) is 4.68 Å². The Bertz CT molecular complexity index is 711. The van der Waals surface area contributed by atoms with Crippen molar-refractivity contribution >= 4 is 17.3 Å². The molecule has 0 aliphatic heterocycles. The molecule has 1 aromatic heterocycles. The average Bonchev–Trinajstić information content (AvgIpc) is 3.03. The van der Waals surface area contributed by atoms with Crippen molar-refractivity contribution in [2.24, 2.45) is 7.05 Å². The first-order valence-corrected chi connectivity index (χ1v) is 7.75. The van der Waals surface area contributed by atoms with E-state index in [1.165, 1.54) is 12.8 Å². The Hall–Kier alpha value is -1.68. The second-order valence-electron chi connectivity index (χ2n) is 5.80. The smallest absolute Gasteiger partial charge is 0.290 e. The summed E-state index contributed by atoms with van der Waals surface area (Å²) in [7, 11) is 1.93. The van der Waals surface area contributed by atoms with Gasteiger partial charge in [-0.3, -0.25) is 9.48 Å². The molecule has 0 spiro atoms. The van der Waals surface area contributed by atoms with Gasteiger partial charge < -0.3 is 5.73 Å². The third-order valence-corrected chi connectivity index (χ3v) is 4.65. The number of anilines is 1. The first-order chi connectivity index (χ1) is 10.1. The maximum Gasteiger partial charge on any atom is 0.290 e. The van der Waals surface area contributed by atoms with Gasteiger partial charge in [0.05, 0.1) is 12.2 Å². The molecule has 0 bridgehead atoms. The number of aromatic nitrogens is 2. The van der Waals surface area contributed by atoms with Crippen LogP contribution in [0.15, 0.2) is 29.1 Å². The van der Waals surface area contributed by atoms with Gasteiger partial charge in [0.1, 0.15) is 5.69 Å². The van der Waals surface area contributed by atoms with Crippen molar-refractivity contribution in [2.45, 2.75) is 38.1 Å². The predicted molar refractivity (Wildman–Crippen MR) is 85.8 cm³/mol. The molecule has 1 aromatic carbocycles. The summed E-state index contributed by atoms with van der Waals surface area (Å²) < 4.78 is 3.64. The molecule has 1 aliphatic carbocycles. The predicted octanol–water partition coefficient (Wildman–Crippen LogP) is 3.13. The highest BCUT2D eigenvalue weighted by atomic mass is 35.5. The average molecular weight is 306 g/mol. The van der Waals surface area contributed by atoms with Crippen LogP contribution in [0.25, 0.3) is 0 Å². The molecule has 1 heterocycles. The monoisotopic (exact) mass is 305 g/mol. The molecule has 0 amide bonds. The van der Waals surface area contributed by atoms with Gasteiger partial charge in [0.15, 0.2) is 0 Å². The summed E-state index contributed by atoms with van der Waals surface area (Å²) >= 11 is 6.01. The molecule has 1 fully saturated rings. The Morgan fingerprint density at radius 1 is 1.33 bits per heavy atom. The fourth-order valence-electron chi connectivity index (χ4n) is 3.36. The normalized spacial score (nSPS) is 15.7. The number of nitrogen functional groups attached to an aromatic ring is 1. The fraction of sp³-hybridized carbons (Fsp3) is 0.438.